The first-order chi connectivity index (χ1) is 6.20. The Morgan fingerprint density at radius 1 is 1.62 bits per heavy atom. The molecule has 1 aliphatic rings. The Morgan fingerprint density at radius 2 is 2.31 bits per heavy atom. The highest BCUT2D eigenvalue weighted by atomic mass is 16.1. The van der Waals surface area contributed by atoms with Crippen molar-refractivity contribution in [1.29, 1.82) is 0 Å². The Balaban J connectivity index is 2.28. The molecule has 1 saturated carbocycles. The maximum atomic E-state index is 11.7. The summed E-state index contributed by atoms with van der Waals surface area (Å²) in [6.07, 6.45) is 4.05. The second kappa shape index (κ2) is 2.98. The second-order valence-corrected chi connectivity index (χ2v) is 3.99. The highest BCUT2D eigenvalue weighted by molar-refractivity contribution is 5.98. The largest absolute Gasteiger partial charge is 0.294 e. The van der Waals surface area contributed by atoms with Gasteiger partial charge in [-0.3, -0.25) is 9.89 Å². The van der Waals surface area contributed by atoms with Gasteiger partial charge in [-0.2, -0.15) is 5.10 Å². The predicted octanol–water partition coefficient (Wildman–Crippen LogP) is 2.13. The van der Waals surface area contributed by atoms with Crippen LogP contribution >= 0.6 is 0 Å². The van der Waals surface area contributed by atoms with E-state index in [4.69, 9.17) is 0 Å². The molecule has 0 unspecified atom stereocenters. The van der Waals surface area contributed by atoms with Gasteiger partial charge in [0.1, 0.15) is 0 Å². The number of hydrogen-bond donors (Lipinski definition) is 1. The average Bonchev–Trinajstić information content (AvgIpc) is 2.83. The first-order valence-corrected chi connectivity index (χ1v) is 4.77. The van der Waals surface area contributed by atoms with Crippen LogP contribution in [0.4, 0.5) is 0 Å². The van der Waals surface area contributed by atoms with Crippen molar-refractivity contribution in [3.8, 4) is 0 Å². The van der Waals surface area contributed by atoms with Crippen molar-refractivity contribution in [1.82, 2.24) is 10.2 Å². The molecule has 2 rings (SSSR count). The van der Waals surface area contributed by atoms with Crippen LogP contribution in [0.15, 0.2) is 6.20 Å². The third-order valence-corrected chi connectivity index (χ3v) is 2.44. The van der Waals surface area contributed by atoms with Crippen LogP contribution in [0.1, 0.15) is 48.7 Å². The summed E-state index contributed by atoms with van der Waals surface area (Å²) in [6.45, 7) is 3.85. The fourth-order valence-corrected chi connectivity index (χ4v) is 1.49. The van der Waals surface area contributed by atoms with Gasteiger partial charge >= 0.3 is 0 Å². The summed E-state index contributed by atoms with van der Waals surface area (Å²) in [5.74, 6) is 0.839. The van der Waals surface area contributed by atoms with E-state index in [1.807, 2.05) is 13.8 Å². The predicted molar refractivity (Wildman–Crippen MR) is 49.7 cm³/mol. The molecule has 0 aromatic carbocycles. The molecule has 0 aliphatic heterocycles. The first kappa shape index (κ1) is 8.48. The molecular weight excluding hydrogens is 164 g/mol. The van der Waals surface area contributed by atoms with E-state index in [-0.39, 0.29) is 11.7 Å². The average molecular weight is 178 g/mol. The fourth-order valence-electron chi connectivity index (χ4n) is 1.49. The van der Waals surface area contributed by atoms with Gasteiger partial charge in [0.05, 0.1) is 11.8 Å². The summed E-state index contributed by atoms with van der Waals surface area (Å²) in [7, 11) is 0. The van der Waals surface area contributed by atoms with Crippen molar-refractivity contribution in [3.63, 3.8) is 0 Å². The Labute approximate surface area is 77.5 Å². The summed E-state index contributed by atoms with van der Waals surface area (Å²) in [5.41, 5.74) is 1.86. The van der Waals surface area contributed by atoms with Gasteiger partial charge in [-0.15, -0.1) is 0 Å². The lowest BCUT2D eigenvalue weighted by Gasteiger charge is -2.03. The van der Waals surface area contributed by atoms with Crippen molar-refractivity contribution < 1.29 is 4.79 Å². The normalized spacial score (nSPS) is 16.5. The van der Waals surface area contributed by atoms with Gasteiger partial charge in [0.25, 0.3) is 0 Å². The smallest absolute Gasteiger partial charge is 0.168 e. The molecule has 3 heteroatoms. The zero-order chi connectivity index (χ0) is 9.42. The number of hydrogen-bond acceptors (Lipinski definition) is 2. The molecule has 0 amide bonds. The van der Waals surface area contributed by atoms with Crippen molar-refractivity contribution in [2.45, 2.75) is 32.6 Å². The number of H-pyrrole nitrogens is 1. The van der Waals surface area contributed by atoms with E-state index in [1.54, 1.807) is 6.20 Å². The van der Waals surface area contributed by atoms with Gasteiger partial charge in [-0.05, 0) is 12.8 Å². The number of aromatic nitrogens is 2. The lowest BCUT2D eigenvalue weighted by atomic mass is 10.0. The topological polar surface area (TPSA) is 45.8 Å². The van der Waals surface area contributed by atoms with E-state index in [2.05, 4.69) is 10.2 Å². The zero-order valence-corrected chi connectivity index (χ0v) is 8.00. The standard InChI is InChI=1S/C10H14N2O/c1-6(2)10(13)8-5-11-12-9(8)7-3-4-7/h5-7H,3-4H2,1-2H3,(H,11,12). The minimum absolute atomic E-state index is 0.0649. The van der Waals surface area contributed by atoms with E-state index in [1.165, 1.54) is 12.8 Å². The Bertz CT molecular complexity index is 323. The van der Waals surface area contributed by atoms with Crippen LogP contribution in [-0.4, -0.2) is 16.0 Å². The number of carbonyl (C=O) groups is 1. The number of nitrogens with zero attached hydrogens (tertiary/aromatic N) is 1. The van der Waals surface area contributed by atoms with Crippen LogP contribution in [-0.2, 0) is 0 Å². The molecule has 0 radical (unpaired) electrons. The van der Waals surface area contributed by atoms with E-state index in [0.717, 1.165) is 11.3 Å². The lowest BCUT2D eigenvalue weighted by Crippen LogP contribution is -2.08. The van der Waals surface area contributed by atoms with E-state index < -0.39 is 0 Å². The summed E-state index contributed by atoms with van der Waals surface area (Å²) in [6, 6.07) is 0. The lowest BCUT2D eigenvalue weighted by molar-refractivity contribution is 0.0938. The SMILES string of the molecule is CC(C)C(=O)c1cn[nH]c1C1CC1. The van der Waals surface area contributed by atoms with Gasteiger partial charge in [0, 0.05) is 17.5 Å². The Kier molecular flexibility index (Phi) is 1.94. The minimum atomic E-state index is 0.0649. The number of carbonyl (C=O) groups excluding carboxylic acids is 1. The van der Waals surface area contributed by atoms with Crippen molar-refractivity contribution in [3.05, 3.63) is 17.5 Å². The summed E-state index contributed by atoms with van der Waals surface area (Å²) in [4.78, 5) is 11.7. The van der Waals surface area contributed by atoms with Crippen LogP contribution in [0.3, 0.4) is 0 Å². The van der Waals surface area contributed by atoms with Gasteiger partial charge in [0.15, 0.2) is 5.78 Å². The molecule has 1 aliphatic carbocycles. The number of ketones is 1. The van der Waals surface area contributed by atoms with Crippen LogP contribution in [0.5, 0.6) is 0 Å². The van der Waals surface area contributed by atoms with Gasteiger partial charge in [-0.25, -0.2) is 0 Å². The molecule has 13 heavy (non-hydrogen) atoms. The number of Topliss-reactive ketones (excluding diaryl/α,β-unsaturated/α-hetero) is 1. The van der Waals surface area contributed by atoms with Crippen LogP contribution < -0.4 is 0 Å². The molecule has 0 atom stereocenters. The monoisotopic (exact) mass is 178 g/mol. The molecule has 1 N–H and O–H groups in total. The Morgan fingerprint density at radius 3 is 2.85 bits per heavy atom. The fraction of sp³-hybridized carbons (Fsp3) is 0.600. The molecule has 1 aromatic rings. The van der Waals surface area contributed by atoms with Gasteiger partial charge in [-0.1, -0.05) is 13.8 Å². The number of aromatic amines is 1. The third-order valence-electron chi connectivity index (χ3n) is 2.44. The molecule has 70 valence electrons. The number of rotatable bonds is 3. The quantitative estimate of drug-likeness (QED) is 0.720. The summed E-state index contributed by atoms with van der Waals surface area (Å²) < 4.78 is 0. The summed E-state index contributed by atoms with van der Waals surface area (Å²) >= 11 is 0. The summed E-state index contributed by atoms with van der Waals surface area (Å²) in [5, 5.41) is 6.87. The van der Waals surface area contributed by atoms with Crippen molar-refractivity contribution in [2.24, 2.45) is 5.92 Å². The molecule has 0 saturated heterocycles. The molecular formula is C10H14N2O. The molecule has 1 aromatic heterocycles. The highest BCUT2D eigenvalue weighted by Gasteiger charge is 2.30. The Hall–Kier alpha value is -1.12. The van der Waals surface area contributed by atoms with E-state index in [9.17, 15) is 4.79 Å². The van der Waals surface area contributed by atoms with Gasteiger partial charge < -0.3 is 0 Å². The molecule has 1 heterocycles. The van der Waals surface area contributed by atoms with Crippen molar-refractivity contribution >= 4 is 5.78 Å². The molecule has 0 spiro atoms. The van der Waals surface area contributed by atoms with E-state index >= 15 is 0 Å². The zero-order valence-electron chi connectivity index (χ0n) is 8.00. The third kappa shape index (κ3) is 1.50. The molecule has 1 fully saturated rings. The van der Waals surface area contributed by atoms with Gasteiger partial charge in [0.2, 0.25) is 0 Å². The van der Waals surface area contributed by atoms with Crippen LogP contribution in [0, 0.1) is 5.92 Å². The van der Waals surface area contributed by atoms with E-state index in [0.29, 0.717) is 5.92 Å². The second-order valence-electron chi connectivity index (χ2n) is 3.99. The minimum Gasteiger partial charge on any atom is -0.294 e. The van der Waals surface area contributed by atoms with Crippen molar-refractivity contribution in [2.75, 3.05) is 0 Å². The first-order valence-electron chi connectivity index (χ1n) is 4.77. The molecule has 0 bridgehead atoms. The number of nitrogens with one attached hydrogen (secondary N) is 1. The maximum absolute atomic E-state index is 11.7. The highest BCUT2D eigenvalue weighted by Crippen LogP contribution is 2.40. The van der Waals surface area contributed by atoms with Crippen LogP contribution in [0.25, 0.3) is 0 Å². The molecule has 3 nitrogen and oxygen atoms in total. The van der Waals surface area contributed by atoms with Crippen LogP contribution in [0.2, 0.25) is 0 Å². The maximum Gasteiger partial charge on any atom is 0.168 e.